The Balaban J connectivity index is 1.57. The molecular formula is C17H22ClN3O. The lowest BCUT2D eigenvalue weighted by molar-refractivity contribution is 0.134. The highest BCUT2D eigenvalue weighted by Crippen LogP contribution is 2.24. The molecule has 1 aromatic heterocycles. The van der Waals surface area contributed by atoms with E-state index in [1.807, 2.05) is 30.5 Å². The van der Waals surface area contributed by atoms with E-state index < -0.39 is 0 Å². The van der Waals surface area contributed by atoms with Gasteiger partial charge in [0, 0.05) is 42.0 Å². The van der Waals surface area contributed by atoms with E-state index >= 15 is 0 Å². The van der Waals surface area contributed by atoms with E-state index in [0.29, 0.717) is 12.5 Å². The number of hydrogen-bond donors (Lipinski definition) is 2. The number of piperidine rings is 1. The molecule has 0 unspecified atom stereocenters. The summed E-state index contributed by atoms with van der Waals surface area (Å²) in [6.45, 7) is 4.40. The van der Waals surface area contributed by atoms with Crippen molar-refractivity contribution in [3.8, 4) is 0 Å². The number of aromatic nitrogens is 1. The second-order valence-corrected chi connectivity index (χ2v) is 6.35. The maximum absolute atomic E-state index is 9.18. The molecule has 2 heterocycles. The number of halogens is 1. The highest BCUT2D eigenvalue weighted by atomic mass is 35.5. The minimum Gasteiger partial charge on any atom is -0.396 e. The van der Waals surface area contributed by atoms with E-state index in [9.17, 15) is 5.11 Å². The van der Waals surface area contributed by atoms with Crippen molar-refractivity contribution < 1.29 is 5.11 Å². The number of benzene rings is 1. The monoisotopic (exact) mass is 319 g/mol. The van der Waals surface area contributed by atoms with Crippen LogP contribution >= 0.6 is 11.6 Å². The van der Waals surface area contributed by atoms with Crippen LogP contribution in [0.1, 0.15) is 12.8 Å². The Labute approximate surface area is 136 Å². The molecule has 3 rings (SSSR count). The molecule has 0 atom stereocenters. The van der Waals surface area contributed by atoms with E-state index in [4.69, 9.17) is 11.6 Å². The van der Waals surface area contributed by atoms with E-state index in [-0.39, 0.29) is 0 Å². The third kappa shape index (κ3) is 3.69. The van der Waals surface area contributed by atoms with Gasteiger partial charge >= 0.3 is 0 Å². The summed E-state index contributed by atoms with van der Waals surface area (Å²) in [5.74, 6) is 0.496. The number of rotatable bonds is 5. The van der Waals surface area contributed by atoms with Crippen LogP contribution in [0.4, 0.5) is 5.69 Å². The van der Waals surface area contributed by atoms with Gasteiger partial charge in [-0.15, -0.1) is 0 Å². The van der Waals surface area contributed by atoms with Gasteiger partial charge < -0.3 is 15.3 Å². The van der Waals surface area contributed by atoms with Crippen LogP contribution in [0, 0.1) is 5.92 Å². The zero-order valence-corrected chi connectivity index (χ0v) is 13.4. The molecule has 2 aromatic rings. The quantitative estimate of drug-likeness (QED) is 0.889. The predicted molar refractivity (Wildman–Crippen MR) is 91.5 cm³/mol. The fraction of sp³-hybridized carbons (Fsp3) is 0.471. The van der Waals surface area contributed by atoms with Gasteiger partial charge in [0.1, 0.15) is 0 Å². The smallest absolute Gasteiger partial charge is 0.0723 e. The second-order valence-electron chi connectivity index (χ2n) is 5.91. The van der Waals surface area contributed by atoms with Gasteiger partial charge in [0.2, 0.25) is 0 Å². The molecule has 0 aliphatic carbocycles. The Morgan fingerprint density at radius 2 is 2.09 bits per heavy atom. The van der Waals surface area contributed by atoms with Gasteiger partial charge in [-0.25, -0.2) is 0 Å². The Morgan fingerprint density at radius 3 is 2.86 bits per heavy atom. The summed E-state index contributed by atoms with van der Waals surface area (Å²) in [5.41, 5.74) is 2.04. The first-order valence-electron chi connectivity index (χ1n) is 7.87. The average molecular weight is 320 g/mol. The first-order chi connectivity index (χ1) is 10.8. The molecule has 22 heavy (non-hydrogen) atoms. The summed E-state index contributed by atoms with van der Waals surface area (Å²) >= 11 is 6.09. The highest BCUT2D eigenvalue weighted by molar-refractivity contribution is 6.31. The van der Waals surface area contributed by atoms with Crippen molar-refractivity contribution in [2.75, 3.05) is 38.1 Å². The minimum atomic E-state index is 0.329. The van der Waals surface area contributed by atoms with E-state index in [1.165, 1.54) is 0 Å². The number of anilines is 1. The summed E-state index contributed by atoms with van der Waals surface area (Å²) in [5, 5.41) is 14.5. The lowest BCUT2D eigenvalue weighted by Gasteiger charge is -2.31. The first kappa shape index (κ1) is 15.5. The van der Waals surface area contributed by atoms with E-state index in [0.717, 1.165) is 60.6 Å². The minimum absolute atomic E-state index is 0.329. The molecule has 2 N–H and O–H groups in total. The average Bonchev–Trinajstić information content (AvgIpc) is 2.56. The normalized spacial score (nSPS) is 17.0. The zero-order valence-electron chi connectivity index (χ0n) is 12.6. The molecule has 0 saturated carbocycles. The Hall–Kier alpha value is -1.36. The maximum atomic E-state index is 9.18. The van der Waals surface area contributed by atoms with Gasteiger partial charge in [0.05, 0.1) is 5.52 Å². The lowest BCUT2D eigenvalue weighted by Crippen LogP contribution is -2.37. The third-order valence-corrected chi connectivity index (χ3v) is 4.65. The molecule has 1 aliphatic rings. The first-order valence-corrected chi connectivity index (χ1v) is 8.25. The number of nitrogens with zero attached hydrogens (tertiary/aromatic N) is 2. The summed E-state index contributed by atoms with van der Waals surface area (Å²) in [6.07, 6.45) is 4.03. The molecule has 0 bridgehead atoms. The van der Waals surface area contributed by atoms with Crippen LogP contribution in [0.25, 0.3) is 10.9 Å². The van der Waals surface area contributed by atoms with Gasteiger partial charge in [-0.05, 0) is 56.1 Å². The van der Waals surface area contributed by atoms with Crippen LogP contribution in [0.5, 0.6) is 0 Å². The van der Waals surface area contributed by atoms with Gasteiger partial charge in [-0.1, -0.05) is 11.6 Å². The van der Waals surface area contributed by atoms with Crippen LogP contribution in [0.3, 0.4) is 0 Å². The van der Waals surface area contributed by atoms with Gasteiger partial charge in [0.15, 0.2) is 0 Å². The van der Waals surface area contributed by atoms with Crippen molar-refractivity contribution in [2.45, 2.75) is 12.8 Å². The molecule has 5 heteroatoms. The number of aliphatic hydroxyl groups excluding tert-OH is 1. The molecular weight excluding hydrogens is 298 g/mol. The topological polar surface area (TPSA) is 48.4 Å². The summed E-state index contributed by atoms with van der Waals surface area (Å²) < 4.78 is 0. The van der Waals surface area contributed by atoms with Crippen molar-refractivity contribution in [2.24, 2.45) is 5.92 Å². The number of nitrogens with one attached hydrogen (secondary N) is 1. The van der Waals surface area contributed by atoms with Crippen LogP contribution in [0.15, 0.2) is 30.5 Å². The number of aliphatic hydroxyl groups is 1. The molecule has 1 aromatic carbocycles. The number of hydrogen-bond acceptors (Lipinski definition) is 4. The Bertz CT molecular complexity index is 626. The van der Waals surface area contributed by atoms with Crippen LogP contribution in [-0.4, -0.2) is 47.8 Å². The standard InChI is InChI=1S/C17H22ClN3O/c18-14-1-2-16-15(11-14)17(3-6-19-16)20-7-10-21-8-4-13(12-22)5-9-21/h1-3,6,11,13,22H,4-5,7-10,12H2,(H,19,20). The largest absolute Gasteiger partial charge is 0.396 e. The van der Waals surface area contributed by atoms with Gasteiger partial charge in [-0.2, -0.15) is 0 Å². The van der Waals surface area contributed by atoms with Gasteiger partial charge in [-0.3, -0.25) is 4.98 Å². The second kappa shape index (κ2) is 7.27. The van der Waals surface area contributed by atoms with Crippen LogP contribution < -0.4 is 5.32 Å². The van der Waals surface area contributed by atoms with Crippen molar-refractivity contribution in [1.29, 1.82) is 0 Å². The SMILES string of the molecule is OCC1CCN(CCNc2ccnc3ccc(Cl)cc23)CC1. The highest BCUT2D eigenvalue weighted by Gasteiger charge is 2.17. The maximum Gasteiger partial charge on any atom is 0.0723 e. The zero-order chi connectivity index (χ0) is 15.4. The lowest BCUT2D eigenvalue weighted by atomic mass is 9.98. The van der Waals surface area contributed by atoms with Gasteiger partial charge in [0.25, 0.3) is 0 Å². The van der Waals surface area contributed by atoms with Crippen molar-refractivity contribution in [3.63, 3.8) is 0 Å². The molecule has 1 aliphatic heterocycles. The van der Waals surface area contributed by atoms with Crippen LogP contribution in [0.2, 0.25) is 5.02 Å². The fourth-order valence-electron chi connectivity index (χ4n) is 3.01. The van der Waals surface area contributed by atoms with Crippen molar-refractivity contribution in [3.05, 3.63) is 35.5 Å². The van der Waals surface area contributed by atoms with Crippen LogP contribution in [-0.2, 0) is 0 Å². The van der Waals surface area contributed by atoms with E-state index in [2.05, 4.69) is 15.2 Å². The molecule has 0 radical (unpaired) electrons. The predicted octanol–water partition coefficient (Wildman–Crippen LogP) is 3.00. The summed E-state index contributed by atoms with van der Waals surface area (Å²) in [7, 11) is 0. The number of pyridine rings is 1. The number of likely N-dealkylation sites (tertiary alicyclic amines) is 1. The third-order valence-electron chi connectivity index (χ3n) is 4.41. The summed E-state index contributed by atoms with van der Waals surface area (Å²) in [4.78, 5) is 6.82. The van der Waals surface area contributed by atoms with Crippen molar-refractivity contribution >= 4 is 28.2 Å². The molecule has 4 nitrogen and oxygen atoms in total. The molecule has 118 valence electrons. The summed E-state index contributed by atoms with van der Waals surface area (Å²) in [6, 6.07) is 7.77. The number of fused-ring (bicyclic) bond motifs is 1. The molecule has 0 spiro atoms. The molecule has 1 saturated heterocycles. The Kier molecular flexibility index (Phi) is 5.13. The molecule has 1 fully saturated rings. The van der Waals surface area contributed by atoms with Crippen molar-refractivity contribution in [1.82, 2.24) is 9.88 Å². The molecule has 0 amide bonds. The fourth-order valence-corrected chi connectivity index (χ4v) is 3.19. The Morgan fingerprint density at radius 1 is 1.27 bits per heavy atom. The van der Waals surface area contributed by atoms with E-state index in [1.54, 1.807) is 0 Å².